The van der Waals surface area contributed by atoms with Crippen LogP contribution in [-0.4, -0.2) is 29.0 Å². The van der Waals surface area contributed by atoms with Crippen molar-refractivity contribution in [1.82, 2.24) is 4.90 Å². The Labute approximate surface area is 73.7 Å². The van der Waals surface area contributed by atoms with E-state index in [-0.39, 0.29) is 0 Å². The van der Waals surface area contributed by atoms with Crippen LogP contribution in [0.4, 0.5) is 0 Å². The van der Waals surface area contributed by atoms with Gasteiger partial charge in [0.05, 0.1) is 11.0 Å². The van der Waals surface area contributed by atoms with Gasteiger partial charge < -0.3 is 5.73 Å². The van der Waals surface area contributed by atoms with Crippen LogP contribution in [0.1, 0.15) is 26.2 Å². The summed E-state index contributed by atoms with van der Waals surface area (Å²) in [5, 5.41) is 0. The zero-order chi connectivity index (χ0) is 8.27. The molecule has 0 radical (unpaired) electrons. The highest BCUT2D eigenvalue weighted by Gasteiger charge is 2.21. The average Bonchev–Trinajstić information content (AvgIpc) is 2.40. The van der Waals surface area contributed by atoms with E-state index in [1.807, 2.05) is 0 Å². The number of hydrogen-bond donors (Lipinski definition) is 1. The number of rotatable bonds is 3. The summed E-state index contributed by atoms with van der Waals surface area (Å²) in [6.45, 7) is 4.49. The van der Waals surface area contributed by atoms with Crippen molar-refractivity contribution < 1.29 is 0 Å². The molecule has 11 heavy (non-hydrogen) atoms. The van der Waals surface area contributed by atoms with Gasteiger partial charge >= 0.3 is 0 Å². The van der Waals surface area contributed by atoms with Crippen molar-refractivity contribution in [2.45, 2.75) is 32.2 Å². The molecule has 2 N–H and O–H groups in total. The fourth-order valence-electron chi connectivity index (χ4n) is 1.69. The van der Waals surface area contributed by atoms with Gasteiger partial charge in [-0.1, -0.05) is 19.1 Å². The van der Waals surface area contributed by atoms with E-state index in [1.54, 1.807) is 0 Å². The van der Waals surface area contributed by atoms with Gasteiger partial charge in [0, 0.05) is 0 Å². The third-order valence-electron chi connectivity index (χ3n) is 2.30. The van der Waals surface area contributed by atoms with Crippen LogP contribution in [0.5, 0.6) is 0 Å². The van der Waals surface area contributed by atoms with Gasteiger partial charge in [0.2, 0.25) is 0 Å². The van der Waals surface area contributed by atoms with Gasteiger partial charge in [-0.15, -0.1) is 0 Å². The largest absolute Gasteiger partial charge is 0.392 e. The molecule has 1 unspecified atom stereocenters. The highest BCUT2D eigenvalue weighted by Crippen LogP contribution is 2.13. The Hall–Kier alpha value is -0.150. The van der Waals surface area contributed by atoms with Crippen molar-refractivity contribution in [2.24, 2.45) is 5.73 Å². The first-order valence-corrected chi connectivity index (χ1v) is 4.70. The third-order valence-corrected chi connectivity index (χ3v) is 2.57. The normalized spacial score (nSPS) is 21.9. The Bertz CT molecular complexity index is 141. The zero-order valence-corrected chi connectivity index (χ0v) is 7.86. The van der Waals surface area contributed by atoms with Crippen molar-refractivity contribution in [1.29, 1.82) is 0 Å². The molecule has 1 aliphatic rings. The second kappa shape index (κ2) is 4.02. The first kappa shape index (κ1) is 8.94. The van der Waals surface area contributed by atoms with Crippen LogP contribution in [0.15, 0.2) is 0 Å². The molecule has 0 amide bonds. The Kier molecular flexibility index (Phi) is 3.27. The van der Waals surface area contributed by atoms with E-state index < -0.39 is 0 Å². The molecule has 1 aliphatic heterocycles. The minimum absolute atomic E-state index is 0.354. The molecule has 0 aromatic rings. The van der Waals surface area contributed by atoms with Crippen molar-refractivity contribution in [3.05, 3.63) is 0 Å². The molecule has 0 aromatic heterocycles. The summed E-state index contributed by atoms with van der Waals surface area (Å²) in [6, 6.07) is 0.354. The van der Waals surface area contributed by atoms with Crippen LogP contribution < -0.4 is 5.73 Å². The average molecular weight is 172 g/mol. The van der Waals surface area contributed by atoms with E-state index in [9.17, 15) is 0 Å². The molecular formula is C8H16N2S. The van der Waals surface area contributed by atoms with E-state index in [4.69, 9.17) is 18.0 Å². The van der Waals surface area contributed by atoms with E-state index in [1.165, 1.54) is 25.9 Å². The molecule has 0 spiro atoms. The summed E-state index contributed by atoms with van der Waals surface area (Å²) in [5.41, 5.74) is 5.62. The van der Waals surface area contributed by atoms with Gasteiger partial charge in [0.25, 0.3) is 0 Å². The molecular weight excluding hydrogens is 156 g/mol. The lowest BCUT2D eigenvalue weighted by Crippen LogP contribution is -2.41. The van der Waals surface area contributed by atoms with Gasteiger partial charge in [-0.05, 0) is 32.4 Å². The highest BCUT2D eigenvalue weighted by molar-refractivity contribution is 7.80. The molecule has 0 bridgehead atoms. The maximum atomic E-state index is 5.62. The van der Waals surface area contributed by atoms with Crippen LogP contribution >= 0.6 is 12.2 Å². The van der Waals surface area contributed by atoms with Crippen molar-refractivity contribution in [2.75, 3.05) is 13.1 Å². The topological polar surface area (TPSA) is 29.3 Å². The molecule has 0 aromatic carbocycles. The smallest absolute Gasteiger partial charge is 0.0901 e. The summed E-state index contributed by atoms with van der Waals surface area (Å²) in [7, 11) is 0. The van der Waals surface area contributed by atoms with Crippen LogP contribution in [-0.2, 0) is 0 Å². The van der Waals surface area contributed by atoms with Gasteiger partial charge in [-0.25, -0.2) is 0 Å². The molecule has 2 nitrogen and oxygen atoms in total. The van der Waals surface area contributed by atoms with Gasteiger partial charge in [0.1, 0.15) is 0 Å². The van der Waals surface area contributed by atoms with Crippen LogP contribution in [0.25, 0.3) is 0 Å². The number of nitrogens with zero attached hydrogens (tertiary/aromatic N) is 1. The van der Waals surface area contributed by atoms with Crippen LogP contribution in [0.3, 0.4) is 0 Å². The fraction of sp³-hybridized carbons (Fsp3) is 0.875. The predicted molar refractivity (Wildman–Crippen MR) is 51.7 cm³/mol. The highest BCUT2D eigenvalue weighted by atomic mass is 32.1. The molecule has 1 atom stereocenters. The van der Waals surface area contributed by atoms with Crippen molar-refractivity contribution >= 4 is 17.2 Å². The number of hydrogen-bond acceptors (Lipinski definition) is 2. The molecule has 1 rings (SSSR count). The van der Waals surface area contributed by atoms with E-state index in [0.717, 1.165) is 6.42 Å². The minimum Gasteiger partial charge on any atom is -0.392 e. The Morgan fingerprint density at radius 1 is 1.55 bits per heavy atom. The zero-order valence-electron chi connectivity index (χ0n) is 7.05. The monoisotopic (exact) mass is 172 g/mol. The van der Waals surface area contributed by atoms with Crippen molar-refractivity contribution in [3.63, 3.8) is 0 Å². The summed E-state index contributed by atoms with van der Waals surface area (Å²) in [4.78, 5) is 3.05. The quantitative estimate of drug-likeness (QED) is 0.647. The standard InChI is InChI=1S/C8H16N2S/c1-2-7(8(9)11)10-5-3-4-6-10/h7H,2-6H2,1H3,(H2,9,11). The third kappa shape index (κ3) is 2.14. The molecule has 3 heteroatoms. The Balaban J connectivity index is 2.46. The number of nitrogens with two attached hydrogens (primary N) is 1. The molecule has 64 valence electrons. The first-order valence-electron chi connectivity index (χ1n) is 4.29. The van der Waals surface area contributed by atoms with E-state index >= 15 is 0 Å². The van der Waals surface area contributed by atoms with Gasteiger partial charge in [-0.2, -0.15) is 0 Å². The predicted octanol–water partition coefficient (Wildman–Crippen LogP) is 1.15. The lowest BCUT2D eigenvalue weighted by molar-refractivity contribution is 0.294. The second-order valence-corrected chi connectivity index (χ2v) is 3.54. The fourth-order valence-corrected chi connectivity index (χ4v) is 2.01. The Morgan fingerprint density at radius 2 is 2.09 bits per heavy atom. The van der Waals surface area contributed by atoms with Crippen LogP contribution in [0, 0.1) is 0 Å². The van der Waals surface area contributed by atoms with Crippen molar-refractivity contribution in [3.8, 4) is 0 Å². The summed E-state index contributed by atoms with van der Waals surface area (Å²) < 4.78 is 0. The summed E-state index contributed by atoms with van der Waals surface area (Å²) in [6.07, 6.45) is 3.66. The second-order valence-electron chi connectivity index (χ2n) is 3.07. The summed E-state index contributed by atoms with van der Waals surface area (Å²) >= 11 is 4.99. The molecule has 0 saturated carbocycles. The summed E-state index contributed by atoms with van der Waals surface area (Å²) in [5.74, 6) is 0. The number of thiocarbonyl (C=S) groups is 1. The molecule has 0 aliphatic carbocycles. The maximum absolute atomic E-state index is 5.62. The van der Waals surface area contributed by atoms with E-state index in [2.05, 4.69) is 11.8 Å². The first-order chi connectivity index (χ1) is 5.25. The minimum atomic E-state index is 0.354. The Morgan fingerprint density at radius 3 is 2.45 bits per heavy atom. The van der Waals surface area contributed by atoms with Crippen LogP contribution in [0.2, 0.25) is 0 Å². The van der Waals surface area contributed by atoms with Gasteiger partial charge in [-0.3, -0.25) is 4.90 Å². The number of likely N-dealkylation sites (tertiary alicyclic amines) is 1. The SMILES string of the molecule is CCC(C(N)=S)N1CCCC1. The maximum Gasteiger partial charge on any atom is 0.0901 e. The molecule has 1 saturated heterocycles. The molecule has 1 heterocycles. The lowest BCUT2D eigenvalue weighted by Gasteiger charge is -2.24. The molecule has 1 fully saturated rings. The lowest BCUT2D eigenvalue weighted by atomic mass is 10.2. The van der Waals surface area contributed by atoms with Gasteiger partial charge in [0.15, 0.2) is 0 Å². The van der Waals surface area contributed by atoms with E-state index in [0.29, 0.717) is 11.0 Å².